The summed E-state index contributed by atoms with van der Waals surface area (Å²) in [6.07, 6.45) is 0. The molecule has 71 heavy (non-hydrogen) atoms. The van der Waals surface area contributed by atoms with Crippen LogP contribution in [0.15, 0.2) is 238 Å². The van der Waals surface area contributed by atoms with Crippen LogP contribution in [0.4, 0.5) is 34.1 Å². The maximum atomic E-state index is 6.93. The Balaban J connectivity index is 0.980. The molecular weight excluding hydrogens is 902 g/mol. The number of para-hydroxylation sites is 4. The Morgan fingerprint density at radius 3 is 1.65 bits per heavy atom. The van der Waals surface area contributed by atoms with Gasteiger partial charge in [-0.25, -0.2) is 0 Å². The lowest BCUT2D eigenvalue weighted by Crippen LogP contribution is -2.64. The Morgan fingerprint density at radius 2 is 0.915 bits per heavy atom. The van der Waals surface area contributed by atoms with Gasteiger partial charge in [-0.1, -0.05) is 176 Å². The molecule has 0 unspecified atom stereocenters. The third-order valence-corrected chi connectivity index (χ3v) is 17.5. The molecule has 1 aliphatic carbocycles. The lowest BCUT2D eigenvalue weighted by atomic mass is 9.31. The number of nitrogens with zero attached hydrogens (tertiary/aromatic N) is 2. The van der Waals surface area contributed by atoms with Gasteiger partial charge in [0.05, 0.1) is 0 Å². The van der Waals surface area contributed by atoms with E-state index in [4.69, 9.17) is 9.47 Å². The molecule has 0 bridgehead atoms. The molecule has 0 spiro atoms. The van der Waals surface area contributed by atoms with Gasteiger partial charge in [-0.15, -0.1) is 0 Å². The van der Waals surface area contributed by atoms with Crippen LogP contribution in [-0.2, 0) is 5.41 Å². The molecule has 8 heteroatoms. The predicted molar refractivity (Wildman–Crippen MR) is 297 cm³/mol. The Kier molecular flexibility index (Phi) is 9.03. The van der Waals surface area contributed by atoms with Crippen LogP contribution < -0.4 is 52.1 Å². The van der Waals surface area contributed by atoms with E-state index in [1.807, 2.05) is 84.2 Å². The van der Waals surface area contributed by atoms with Crippen LogP contribution in [0.25, 0.3) is 11.1 Å². The second kappa shape index (κ2) is 15.6. The van der Waals surface area contributed by atoms with E-state index in [0.29, 0.717) is 0 Å². The van der Waals surface area contributed by atoms with Crippen molar-refractivity contribution in [1.29, 1.82) is 0 Å². The van der Waals surface area contributed by atoms with Gasteiger partial charge in [0.1, 0.15) is 23.0 Å². The maximum Gasteiger partial charge on any atom is 0.252 e. The summed E-state index contributed by atoms with van der Waals surface area (Å²) in [5, 5.41) is 0. The number of ether oxygens (including phenoxy) is 2. The van der Waals surface area contributed by atoms with Gasteiger partial charge in [-0.3, -0.25) is 0 Å². The molecule has 0 saturated heterocycles. The van der Waals surface area contributed by atoms with Crippen molar-refractivity contribution in [2.24, 2.45) is 0 Å². The van der Waals surface area contributed by atoms with Gasteiger partial charge in [0.15, 0.2) is 0 Å². The van der Waals surface area contributed by atoms with Crippen LogP contribution >= 0.6 is 23.5 Å². The molecule has 334 valence electrons. The topological polar surface area (TPSA) is 24.9 Å². The molecule has 0 N–H and O–H groups in total. The zero-order valence-corrected chi connectivity index (χ0v) is 40.6. The fourth-order valence-electron chi connectivity index (χ4n) is 12.2. The van der Waals surface area contributed by atoms with E-state index in [1.54, 1.807) is 0 Å². The molecular formula is C63H42B2N2O2S2. The summed E-state index contributed by atoms with van der Waals surface area (Å²) in [6.45, 7) is 4.71. The van der Waals surface area contributed by atoms with Gasteiger partial charge in [0.25, 0.3) is 6.71 Å². The van der Waals surface area contributed by atoms with Gasteiger partial charge < -0.3 is 19.3 Å². The summed E-state index contributed by atoms with van der Waals surface area (Å²) < 4.78 is 13.5. The standard InChI is InChI=1S/C63H42B2N2O2S2/c1-63(2)47-25-13-12-24-45(47)46-31-30-40(32-48(46)63)67-53-28-16-14-26-49(53)64-51-37-52-58(71-60-36-44(69-42-22-10-5-11-23-42)35-59-62(60)65(52)50-27-15-17-29-57(50)70-59)38-54(51)66(39-18-6-3-7-19-39)55-33-43(34-56(67)61(55)64)68-41-20-8-4-9-21-41/h3-38H,1-2H3. The molecule has 0 atom stereocenters. The first-order chi connectivity index (χ1) is 34.9. The van der Waals surface area contributed by atoms with Crippen molar-refractivity contribution in [2.75, 3.05) is 9.80 Å². The monoisotopic (exact) mass is 944 g/mol. The van der Waals surface area contributed by atoms with Crippen LogP contribution in [-0.4, -0.2) is 13.4 Å². The molecule has 0 fully saturated rings. The second-order valence-electron chi connectivity index (χ2n) is 19.6. The minimum absolute atomic E-state index is 0.0479. The van der Waals surface area contributed by atoms with Crippen LogP contribution in [0.3, 0.4) is 0 Å². The van der Waals surface area contributed by atoms with Crippen LogP contribution in [0.5, 0.6) is 23.0 Å². The SMILES string of the molecule is CC1(C)c2ccccc2-c2ccc(N3c4ccccc4B4c5cc6c(cc5N(c5ccccc5)c5cc(Oc7ccccc7)cc3c54)Sc3cc(Oc4ccccc4)cc4c3B6c3ccccc3S4)cc21. The fraction of sp³-hybridized carbons (Fsp3) is 0.0476. The smallest absolute Gasteiger partial charge is 0.252 e. The quantitative estimate of drug-likeness (QED) is 0.154. The highest BCUT2D eigenvalue weighted by Gasteiger charge is 2.47. The first-order valence-electron chi connectivity index (χ1n) is 24.4. The Hall–Kier alpha value is -7.77. The lowest BCUT2D eigenvalue weighted by molar-refractivity contribution is 0.480. The van der Waals surface area contributed by atoms with E-state index in [0.717, 1.165) is 45.7 Å². The third-order valence-electron chi connectivity index (χ3n) is 15.2. The minimum Gasteiger partial charge on any atom is -0.457 e. The van der Waals surface area contributed by atoms with Crippen LogP contribution in [0, 0.1) is 0 Å². The maximum absolute atomic E-state index is 6.93. The first-order valence-corrected chi connectivity index (χ1v) is 26.0. The second-order valence-corrected chi connectivity index (χ2v) is 21.7. The Bertz CT molecular complexity index is 3850. The number of benzene rings is 10. The van der Waals surface area contributed by atoms with Gasteiger partial charge >= 0.3 is 0 Å². The van der Waals surface area contributed by atoms with Crippen molar-refractivity contribution in [1.82, 2.24) is 0 Å². The predicted octanol–water partition coefficient (Wildman–Crippen LogP) is 13.1. The average molecular weight is 945 g/mol. The summed E-state index contributed by atoms with van der Waals surface area (Å²) >= 11 is 3.72. The van der Waals surface area contributed by atoms with Crippen molar-refractivity contribution in [3.8, 4) is 34.1 Å². The molecule has 4 aliphatic heterocycles. The molecule has 10 aromatic rings. The molecule has 4 nitrogen and oxygen atoms in total. The lowest BCUT2D eigenvalue weighted by Gasteiger charge is -2.45. The first kappa shape index (κ1) is 41.1. The Morgan fingerprint density at radius 1 is 0.352 bits per heavy atom. The Labute approximate surface area is 423 Å². The molecule has 4 heterocycles. The van der Waals surface area contributed by atoms with E-state index in [1.165, 1.54) is 86.0 Å². The van der Waals surface area contributed by atoms with Crippen molar-refractivity contribution < 1.29 is 9.47 Å². The van der Waals surface area contributed by atoms with Crippen molar-refractivity contribution >= 4 is 104 Å². The average Bonchev–Trinajstić information content (AvgIpc) is 3.64. The highest BCUT2D eigenvalue weighted by Crippen LogP contribution is 2.53. The molecule has 5 aliphatic rings. The number of anilines is 6. The van der Waals surface area contributed by atoms with E-state index in [9.17, 15) is 0 Å². The van der Waals surface area contributed by atoms with Crippen molar-refractivity contribution in [2.45, 2.75) is 38.8 Å². The van der Waals surface area contributed by atoms with Gasteiger partial charge in [-0.2, -0.15) is 0 Å². The van der Waals surface area contributed by atoms with Crippen LogP contribution in [0.1, 0.15) is 25.0 Å². The highest BCUT2D eigenvalue weighted by atomic mass is 32.2. The summed E-state index contributed by atoms with van der Waals surface area (Å²) in [5.41, 5.74) is 19.8. The van der Waals surface area contributed by atoms with Gasteiger partial charge in [0, 0.05) is 71.3 Å². The van der Waals surface area contributed by atoms with Gasteiger partial charge in [0.2, 0.25) is 6.71 Å². The number of fused-ring (bicyclic) bond motifs is 11. The summed E-state index contributed by atoms with van der Waals surface area (Å²) in [7, 11) is 0. The summed E-state index contributed by atoms with van der Waals surface area (Å²) in [5.74, 6) is 3.25. The minimum atomic E-state index is -0.164. The van der Waals surface area contributed by atoms with Gasteiger partial charge in [-0.05, 0) is 123 Å². The zero-order chi connectivity index (χ0) is 47.0. The normalized spacial score (nSPS) is 14.5. The molecule has 0 radical (unpaired) electrons. The van der Waals surface area contributed by atoms with Crippen molar-refractivity contribution in [3.63, 3.8) is 0 Å². The summed E-state index contributed by atoms with van der Waals surface area (Å²) in [6, 6.07) is 79.5. The third kappa shape index (κ3) is 6.24. The highest BCUT2D eigenvalue weighted by molar-refractivity contribution is 8.01. The van der Waals surface area contributed by atoms with E-state index < -0.39 is 0 Å². The molecule has 0 amide bonds. The number of hydrogen-bond acceptors (Lipinski definition) is 6. The number of rotatable bonds is 6. The number of hydrogen-bond donors (Lipinski definition) is 0. The van der Waals surface area contributed by atoms with Crippen molar-refractivity contribution in [3.05, 3.63) is 230 Å². The molecule has 10 aromatic carbocycles. The largest absolute Gasteiger partial charge is 0.457 e. The molecule has 0 saturated carbocycles. The van der Waals surface area contributed by atoms with E-state index >= 15 is 0 Å². The summed E-state index contributed by atoms with van der Waals surface area (Å²) in [4.78, 5) is 10.0. The van der Waals surface area contributed by atoms with Crippen LogP contribution in [0.2, 0.25) is 0 Å². The fourth-order valence-corrected chi connectivity index (χ4v) is 14.6. The van der Waals surface area contributed by atoms with E-state index in [-0.39, 0.29) is 18.8 Å². The zero-order valence-electron chi connectivity index (χ0n) is 39.0. The molecule has 0 aromatic heterocycles. The molecule has 15 rings (SSSR count). The van der Waals surface area contributed by atoms with E-state index in [2.05, 4.69) is 181 Å².